The van der Waals surface area contributed by atoms with Crippen molar-refractivity contribution in [2.75, 3.05) is 6.61 Å². The number of aromatic nitrogens is 2. The molecule has 0 aliphatic rings. The highest BCUT2D eigenvalue weighted by Gasteiger charge is 2.06. The van der Waals surface area contributed by atoms with Crippen LogP contribution in [0.1, 0.15) is 11.1 Å². The zero-order valence-electron chi connectivity index (χ0n) is 17.6. The number of para-hydroxylation sites is 2. The number of hydrogen-bond donors (Lipinski definition) is 1. The van der Waals surface area contributed by atoms with Crippen LogP contribution < -0.4 is 10.1 Å². The summed E-state index contributed by atoms with van der Waals surface area (Å²) in [5, 5.41) is 5.18. The molecule has 1 aromatic heterocycles. The largest absolute Gasteiger partial charge is 0.484 e. The number of fused-ring (bicyclic) bond motifs is 2. The molecule has 0 spiro atoms. The third-order valence-corrected chi connectivity index (χ3v) is 5.45. The molecule has 5 nitrogen and oxygen atoms in total. The molecular formula is C27H23N3O2. The molecule has 0 fully saturated rings. The van der Waals surface area contributed by atoms with Gasteiger partial charge >= 0.3 is 0 Å². The van der Waals surface area contributed by atoms with Crippen LogP contribution in [0, 0.1) is 0 Å². The summed E-state index contributed by atoms with van der Waals surface area (Å²) in [6.45, 7) is 1.17. The molecule has 0 aliphatic carbocycles. The second kappa shape index (κ2) is 8.94. The molecule has 4 aromatic carbocycles. The van der Waals surface area contributed by atoms with Gasteiger partial charge in [-0.1, -0.05) is 66.7 Å². The highest BCUT2D eigenvalue weighted by atomic mass is 16.5. The molecule has 0 saturated carbocycles. The van der Waals surface area contributed by atoms with Crippen molar-refractivity contribution >= 4 is 27.7 Å². The van der Waals surface area contributed by atoms with Crippen molar-refractivity contribution in [3.63, 3.8) is 0 Å². The van der Waals surface area contributed by atoms with Gasteiger partial charge in [0.2, 0.25) is 0 Å². The van der Waals surface area contributed by atoms with E-state index < -0.39 is 0 Å². The van der Waals surface area contributed by atoms with Crippen molar-refractivity contribution in [1.82, 2.24) is 14.9 Å². The zero-order valence-corrected chi connectivity index (χ0v) is 17.6. The Morgan fingerprint density at radius 2 is 1.66 bits per heavy atom. The first-order valence-electron chi connectivity index (χ1n) is 10.6. The van der Waals surface area contributed by atoms with Crippen molar-refractivity contribution < 1.29 is 9.53 Å². The minimum atomic E-state index is -0.149. The summed E-state index contributed by atoms with van der Waals surface area (Å²) < 4.78 is 7.81. The third-order valence-electron chi connectivity index (χ3n) is 5.45. The average molecular weight is 422 g/mol. The summed E-state index contributed by atoms with van der Waals surface area (Å²) in [6.07, 6.45) is 1.86. The molecule has 1 amide bonds. The summed E-state index contributed by atoms with van der Waals surface area (Å²) in [6, 6.07) is 30.2. The predicted octanol–water partition coefficient (Wildman–Crippen LogP) is 4.93. The highest BCUT2D eigenvalue weighted by molar-refractivity contribution is 5.84. The zero-order chi connectivity index (χ0) is 21.8. The monoisotopic (exact) mass is 421 g/mol. The summed E-state index contributed by atoms with van der Waals surface area (Å²) in [7, 11) is 0. The Labute approximate surface area is 186 Å². The Morgan fingerprint density at radius 3 is 2.59 bits per heavy atom. The van der Waals surface area contributed by atoms with E-state index in [1.165, 1.54) is 0 Å². The first-order valence-corrected chi connectivity index (χ1v) is 10.6. The lowest BCUT2D eigenvalue weighted by Crippen LogP contribution is -2.28. The number of rotatable bonds is 7. The van der Waals surface area contributed by atoms with Gasteiger partial charge in [-0.05, 0) is 46.2 Å². The lowest BCUT2D eigenvalue weighted by atomic mass is 10.1. The molecule has 0 aliphatic heterocycles. The molecule has 0 bridgehead atoms. The number of carbonyl (C=O) groups excluding carboxylic acids is 1. The van der Waals surface area contributed by atoms with Crippen LogP contribution in [-0.4, -0.2) is 22.1 Å². The molecule has 0 radical (unpaired) electrons. The molecule has 5 aromatic rings. The van der Waals surface area contributed by atoms with Gasteiger partial charge in [-0.25, -0.2) is 4.98 Å². The quantitative estimate of drug-likeness (QED) is 0.405. The van der Waals surface area contributed by atoms with Crippen molar-refractivity contribution in [2.24, 2.45) is 0 Å². The summed E-state index contributed by atoms with van der Waals surface area (Å²) in [5.74, 6) is 0.539. The maximum Gasteiger partial charge on any atom is 0.258 e. The van der Waals surface area contributed by atoms with E-state index in [4.69, 9.17) is 4.74 Å². The van der Waals surface area contributed by atoms with Crippen molar-refractivity contribution in [1.29, 1.82) is 0 Å². The molecule has 1 heterocycles. The number of benzene rings is 4. The number of carbonyl (C=O) groups is 1. The SMILES string of the molecule is O=C(COc1ccc2ccccc2c1)NCc1cccc(Cn2cnc3ccccc32)c1. The molecule has 158 valence electrons. The van der Waals surface area contributed by atoms with Crippen LogP contribution in [0.15, 0.2) is 97.3 Å². The Bertz CT molecular complexity index is 1390. The molecule has 5 rings (SSSR count). The van der Waals surface area contributed by atoms with Crippen molar-refractivity contribution in [2.45, 2.75) is 13.1 Å². The number of nitrogens with one attached hydrogen (secondary N) is 1. The van der Waals surface area contributed by atoms with Crippen molar-refractivity contribution in [3.8, 4) is 5.75 Å². The van der Waals surface area contributed by atoms with Crippen LogP contribution >= 0.6 is 0 Å². The number of amides is 1. The molecule has 1 N–H and O–H groups in total. The molecule has 0 unspecified atom stereocenters. The standard InChI is InChI=1S/C27H23N3O2/c31-27(18-32-24-13-12-22-8-1-2-9-23(22)15-24)28-16-20-6-5-7-21(14-20)17-30-19-29-25-10-3-4-11-26(25)30/h1-15,19H,16-18H2,(H,28,31). The molecule has 5 heteroatoms. The van der Waals surface area contributed by atoms with E-state index in [9.17, 15) is 4.79 Å². The lowest BCUT2D eigenvalue weighted by molar-refractivity contribution is -0.123. The van der Waals surface area contributed by atoms with Crippen LogP contribution in [0.25, 0.3) is 21.8 Å². The van der Waals surface area contributed by atoms with E-state index in [1.54, 1.807) is 0 Å². The Kier molecular flexibility index (Phi) is 5.54. The highest BCUT2D eigenvalue weighted by Crippen LogP contribution is 2.20. The fourth-order valence-corrected chi connectivity index (χ4v) is 3.83. The summed E-state index contributed by atoms with van der Waals surface area (Å²) in [5.41, 5.74) is 4.30. The summed E-state index contributed by atoms with van der Waals surface area (Å²) >= 11 is 0. The van der Waals surface area contributed by atoms with Gasteiger partial charge in [-0.2, -0.15) is 0 Å². The van der Waals surface area contributed by atoms with Crippen LogP contribution in [0.5, 0.6) is 5.75 Å². The molecular weight excluding hydrogens is 398 g/mol. The minimum Gasteiger partial charge on any atom is -0.484 e. The fraction of sp³-hybridized carbons (Fsp3) is 0.111. The van der Waals surface area contributed by atoms with Gasteiger partial charge in [0.15, 0.2) is 6.61 Å². The van der Waals surface area contributed by atoms with Crippen molar-refractivity contribution in [3.05, 3.63) is 108 Å². The maximum atomic E-state index is 12.3. The van der Waals surface area contributed by atoms with Gasteiger partial charge in [0.05, 0.1) is 17.4 Å². The van der Waals surface area contributed by atoms with E-state index in [0.717, 1.165) is 39.5 Å². The molecule has 32 heavy (non-hydrogen) atoms. The smallest absolute Gasteiger partial charge is 0.258 e. The third kappa shape index (κ3) is 4.47. The van der Waals surface area contributed by atoms with Gasteiger partial charge in [0, 0.05) is 13.1 Å². The number of nitrogens with zero attached hydrogens (tertiary/aromatic N) is 2. The second-order valence-electron chi connectivity index (χ2n) is 7.76. The summed E-state index contributed by atoms with van der Waals surface area (Å²) in [4.78, 5) is 16.7. The van der Waals surface area contributed by atoms with E-state index in [1.807, 2.05) is 73.1 Å². The van der Waals surface area contributed by atoms with Gasteiger partial charge in [0.1, 0.15) is 5.75 Å². The van der Waals surface area contributed by atoms with E-state index in [-0.39, 0.29) is 12.5 Å². The molecule has 0 atom stereocenters. The minimum absolute atomic E-state index is 0.0148. The van der Waals surface area contributed by atoms with E-state index in [0.29, 0.717) is 12.3 Å². The van der Waals surface area contributed by atoms with Crippen LogP contribution in [0.2, 0.25) is 0 Å². The second-order valence-corrected chi connectivity index (χ2v) is 7.76. The van der Waals surface area contributed by atoms with Gasteiger partial charge in [-0.15, -0.1) is 0 Å². The first-order chi connectivity index (χ1) is 15.7. The first kappa shape index (κ1) is 19.8. The topological polar surface area (TPSA) is 56.1 Å². The van der Waals surface area contributed by atoms with Gasteiger partial charge in [0.25, 0.3) is 5.91 Å². The molecule has 0 saturated heterocycles. The maximum absolute atomic E-state index is 12.3. The normalized spacial score (nSPS) is 11.0. The Hall–Kier alpha value is -4.12. The fourth-order valence-electron chi connectivity index (χ4n) is 3.83. The van der Waals surface area contributed by atoms with Gasteiger partial charge < -0.3 is 14.6 Å². The number of imidazole rings is 1. The average Bonchev–Trinajstić information content (AvgIpc) is 3.24. The van der Waals surface area contributed by atoms with Crippen LogP contribution in [0.4, 0.5) is 0 Å². The number of hydrogen-bond acceptors (Lipinski definition) is 3. The van der Waals surface area contributed by atoms with Crippen LogP contribution in [0.3, 0.4) is 0 Å². The van der Waals surface area contributed by atoms with Gasteiger partial charge in [-0.3, -0.25) is 4.79 Å². The van der Waals surface area contributed by atoms with Crippen LogP contribution in [-0.2, 0) is 17.9 Å². The number of ether oxygens (including phenoxy) is 1. The van der Waals surface area contributed by atoms with E-state index in [2.05, 4.69) is 39.1 Å². The Balaban J connectivity index is 1.17. The predicted molar refractivity (Wildman–Crippen MR) is 127 cm³/mol. The lowest BCUT2D eigenvalue weighted by Gasteiger charge is -2.10. The van der Waals surface area contributed by atoms with E-state index >= 15 is 0 Å². The Morgan fingerprint density at radius 1 is 0.844 bits per heavy atom.